The molecular formula is C13H19N3O4. The van der Waals surface area contributed by atoms with E-state index in [-0.39, 0.29) is 17.5 Å². The zero-order valence-corrected chi connectivity index (χ0v) is 11.6. The minimum atomic E-state index is -0.591. The molecule has 110 valence electrons. The zero-order valence-electron chi connectivity index (χ0n) is 11.6. The normalized spacial score (nSPS) is 17.7. The lowest BCUT2D eigenvalue weighted by atomic mass is 10.0. The van der Waals surface area contributed by atoms with Crippen molar-refractivity contribution in [3.63, 3.8) is 0 Å². The summed E-state index contributed by atoms with van der Waals surface area (Å²) < 4.78 is 5.03. The summed E-state index contributed by atoms with van der Waals surface area (Å²) in [5, 5.41) is 24.1. The van der Waals surface area contributed by atoms with Crippen molar-refractivity contribution >= 4 is 5.69 Å². The molecule has 0 spiro atoms. The third-order valence-electron chi connectivity index (χ3n) is 3.68. The first-order chi connectivity index (χ1) is 9.54. The minimum Gasteiger partial charge on any atom is -0.500 e. The van der Waals surface area contributed by atoms with Gasteiger partial charge in [-0.25, -0.2) is 0 Å². The van der Waals surface area contributed by atoms with Crippen molar-refractivity contribution in [3.8, 4) is 11.5 Å². The quantitative estimate of drug-likeness (QED) is 0.638. The van der Waals surface area contributed by atoms with E-state index in [1.54, 1.807) is 6.07 Å². The maximum Gasteiger partial charge on any atom is 0.314 e. The second-order valence-electron chi connectivity index (χ2n) is 4.81. The molecule has 1 fully saturated rings. The summed E-state index contributed by atoms with van der Waals surface area (Å²) in [5.74, 6) is -0.287. The molecule has 1 aromatic carbocycles. The molecule has 1 heterocycles. The van der Waals surface area contributed by atoms with E-state index < -0.39 is 10.7 Å². The molecule has 2 N–H and O–H groups in total. The van der Waals surface area contributed by atoms with Crippen LogP contribution in [0, 0.1) is 10.1 Å². The van der Waals surface area contributed by atoms with Gasteiger partial charge in [0.1, 0.15) is 0 Å². The molecule has 0 saturated carbocycles. The van der Waals surface area contributed by atoms with Crippen LogP contribution in [0.5, 0.6) is 11.5 Å². The number of nitrogens with one attached hydrogen (secondary N) is 1. The third kappa shape index (κ3) is 2.83. The molecule has 1 atom stereocenters. The first-order valence-corrected chi connectivity index (χ1v) is 6.54. The molecule has 0 aromatic heterocycles. The van der Waals surface area contributed by atoms with Gasteiger partial charge in [0.25, 0.3) is 0 Å². The molecule has 0 radical (unpaired) electrons. The number of rotatable bonds is 4. The Bertz CT molecular complexity index is 501. The second-order valence-corrected chi connectivity index (χ2v) is 4.81. The van der Waals surface area contributed by atoms with Crippen LogP contribution in [0.1, 0.15) is 18.5 Å². The van der Waals surface area contributed by atoms with Crippen LogP contribution >= 0.6 is 0 Å². The average Bonchev–Trinajstić information content (AvgIpc) is 2.47. The first kappa shape index (κ1) is 14.5. The smallest absolute Gasteiger partial charge is 0.314 e. The molecule has 0 unspecified atom stereocenters. The lowest BCUT2D eigenvalue weighted by Crippen LogP contribution is -2.44. The largest absolute Gasteiger partial charge is 0.500 e. The summed E-state index contributed by atoms with van der Waals surface area (Å²) in [7, 11) is 1.39. The van der Waals surface area contributed by atoms with Crippen molar-refractivity contribution in [3.05, 3.63) is 27.8 Å². The van der Waals surface area contributed by atoms with Crippen LogP contribution < -0.4 is 10.1 Å². The van der Waals surface area contributed by atoms with Crippen LogP contribution in [0.3, 0.4) is 0 Å². The second kappa shape index (κ2) is 6.06. The van der Waals surface area contributed by atoms with Crippen molar-refractivity contribution in [1.82, 2.24) is 10.2 Å². The average molecular weight is 281 g/mol. The minimum absolute atomic E-state index is 0.0327. The van der Waals surface area contributed by atoms with Crippen LogP contribution in [0.15, 0.2) is 12.1 Å². The summed E-state index contributed by atoms with van der Waals surface area (Å²) in [4.78, 5) is 12.7. The van der Waals surface area contributed by atoms with Crippen LogP contribution in [0.25, 0.3) is 0 Å². The maximum absolute atomic E-state index is 11.0. The summed E-state index contributed by atoms with van der Waals surface area (Å²) >= 11 is 0. The van der Waals surface area contributed by atoms with Crippen LogP contribution in [-0.2, 0) is 0 Å². The Kier molecular flexibility index (Phi) is 4.41. The van der Waals surface area contributed by atoms with E-state index in [4.69, 9.17) is 4.74 Å². The fraction of sp³-hybridized carbons (Fsp3) is 0.538. The molecular weight excluding hydrogens is 262 g/mol. The number of nitro benzene ring substituents is 1. The number of nitrogens with zero attached hydrogens (tertiary/aromatic N) is 2. The topological polar surface area (TPSA) is 87.9 Å². The first-order valence-electron chi connectivity index (χ1n) is 6.54. The number of methoxy groups -OCH3 is 1. The fourth-order valence-corrected chi connectivity index (χ4v) is 2.43. The summed E-state index contributed by atoms with van der Waals surface area (Å²) in [5.41, 5.74) is 0.453. The molecule has 1 aliphatic heterocycles. The Labute approximate surface area is 117 Å². The number of phenols is 1. The molecule has 2 rings (SSSR count). The predicted molar refractivity (Wildman–Crippen MR) is 74.2 cm³/mol. The predicted octanol–water partition coefficient (Wildman–Crippen LogP) is 1.28. The van der Waals surface area contributed by atoms with Gasteiger partial charge in [0, 0.05) is 38.3 Å². The summed E-state index contributed by atoms with van der Waals surface area (Å²) in [6.07, 6.45) is 0. The molecule has 0 aliphatic carbocycles. The number of aromatic hydroxyl groups is 1. The van der Waals surface area contributed by atoms with Gasteiger partial charge in [0.05, 0.1) is 12.0 Å². The van der Waals surface area contributed by atoms with Gasteiger partial charge in [-0.05, 0) is 18.6 Å². The van der Waals surface area contributed by atoms with E-state index in [9.17, 15) is 15.2 Å². The van der Waals surface area contributed by atoms with Crippen LogP contribution in [0.4, 0.5) is 5.69 Å². The van der Waals surface area contributed by atoms with Gasteiger partial charge in [-0.3, -0.25) is 15.0 Å². The van der Waals surface area contributed by atoms with Gasteiger partial charge in [-0.15, -0.1) is 0 Å². The van der Waals surface area contributed by atoms with E-state index in [1.807, 2.05) is 6.92 Å². The Morgan fingerprint density at radius 1 is 1.45 bits per heavy atom. The van der Waals surface area contributed by atoms with Crippen molar-refractivity contribution in [2.45, 2.75) is 13.0 Å². The fourth-order valence-electron chi connectivity index (χ4n) is 2.43. The Balaban J connectivity index is 2.35. The summed E-state index contributed by atoms with van der Waals surface area (Å²) in [6.45, 7) is 5.58. The lowest BCUT2D eigenvalue weighted by molar-refractivity contribution is -0.386. The number of nitro groups is 1. The standard InChI is InChI=1S/C13H19N3O4/c1-9(15-5-3-14-4-6-15)10-7-11(16(18)19)13(17)12(8-10)20-2/h7-9,14,17H,3-6H2,1-2H3/t9-/m0/s1. The molecule has 0 bridgehead atoms. The van der Waals surface area contributed by atoms with Crippen LogP contribution in [-0.4, -0.2) is 48.2 Å². The lowest BCUT2D eigenvalue weighted by Gasteiger charge is -2.33. The SMILES string of the molecule is COc1cc([C@H](C)N2CCNCC2)cc([N+](=O)[O-])c1O. The van der Waals surface area contributed by atoms with Gasteiger partial charge in [0.2, 0.25) is 5.75 Å². The van der Waals surface area contributed by atoms with E-state index >= 15 is 0 Å². The molecule has 0 amide bonds. The number of hydrogen-bond acceptors (Lipinski definition) is 6. The molecule has 1 aliphatic rings. The van der Waals surface area contributed by atoms with Gasteiger partial charge < -0.3 is 15.2 Å². The van der Waals surface area contributed by atoms with Gasteiger partial charge in [0.15, 0.2) is 5.75 Å². The molecule has 1 saturated heterocycles. The maximum atomic E-state index is 11.0. The van der Waals surface area contributed by atoms with Crippen molar-refractivity contribution in [1.29, 1.82) is 0 Å². The van der Waals surface area contributed by atoms with Crippen molar-refractivity contribution < 1.29 is 14.8 Å². The van der Waals surface area contributed by atoms with Gasteiger partial charge >= 0.3 is 5.69 Å². The number of piperazine rings is 1. The van der Waals surface area contributed by atoms with Crippen molar-refractivity contribution in [2.24, 2.45) is 0 Å². The summed E-state index contributed by atoms with van der Waals surface area (Å²) in [6, 6.07) is 3.12. The molecule has 20 heavy (non-hydrogen) atoms. The van der Waals surface area contributed by atoms with E-state index in [2.05, 4.69) is 10.2 Å². The zero-order chi connectivity index (χ0) is 14.7. The number of phenolic OH excluding ortho intramolecular Hbond substituents is 1. The highest BCUT2D eigenvalue weighted by Gasteiger charge is 2.25. The molecule has 7 heteroatoms. The van der Waals surface area contributed by atoms with E-state index in [1.165, 1.54) is 13.2 Å². The van der Waals surface area contributed by atoms with Crippen LogP contribution in [0.2, 0.25) is 0 Å². The monoisotopic (exact) mass is 281 g/mol. The number of benzene rings is 1. The Morgan fingerprint density at radius 3 is 2.65 bits per heavy atom. The van der Waals surface area contributed by atoms with Crippen molar-refractivity contribution in [2.75, 3.05) is 33.3 Å². The Hall–Kier alpha value is -1.86. The Morgan fingerprint density at radius 2 is 2.10 bits per heavy atom. The number of hydrogen-bond donors (Lipinski definition) is 2. The van der Waals surface area contributed by atoms with Gasteiger partial charge in [-0.2, -0.15) is 0 Å². The molecule has 7 nitrogen and oxygen atoms in total. The van der Waals surface area contributed by atoms with E-state index in [0.29, 0.717) is 0 Å². The van der Waals surface area contributed by atoms with E-state index in [0.717, 1.165) is 31.7 Å². The van der Waals surface area contributed by atoms with Gasteiger partial charge in [-0.1, -0.05) is 0 Å². The highest BCUT2D eigenvalue weighted by atomic mass is 16.6. The highest BCUT2D eigenvalue weighted by Crippen LogP contribution is 2.39. The molecule has 1 aromatic rings. The highest BCUT2D eigenvalue weighted by molar-refractivity contribution is 5.57. The third-order valence-corrected chi connectivity index (χ3v) is 3.68. The number of ether oxygens (including phenoxy) is 1.